The van der Waals surface area contributed by atoms with Gasteiger partial charge in [0.2, 0.25) is 5.91 Å². The maximum absolute atomic E-state index is 12.7. The van der Waals surface area contributed by atoms with Crippen LogP contribution in [0.2, 0.25) is 0 Å². The van der Waals surface area contributed by atoms with Gasteiger partial charge in [-0.3, -0.25) is 14.5 Å². The quantitative estimate of drug-likeness (QED) is 0.471. The van der Waals surface area contributed by atoms with Gasteiger partial charge in [0.15, 0.2) is 0 Å². The fraction of sp³-hybridized carbons (Fsp3) is 0.333. The van der Waals surface area contributed by atoms with Gasteiger partial charge in [-0.15, -0.1) is 0 Å². The maximum atomic E-state index is 12.7. The molecule has 4 aromatic rings. The summed E-state index contributed by atoms with van der Waals surface area (Å²) < 4.78 is 0. The number of benzene rings is 2. The first-order valence-electron chi connectivity index (χ1n) is 11.7. The van der Waals surface area contributed by atoms with Crippen molar-refractivity contribution in [2.24, 2.45) is 0 Å². The topological polar surface area (TPSA) is 72.2 Å². The molecule has 2 N–H and O–H groups in total. The zero-order valence-corrected chi connectivity index (χ0v) is 19.8. The first-order chi connectivity index (χ1) is 16.0. The SMILES string of the molecule is CC.CC(=O)N1CCN(C(C)c2ccc3[nH]c(-c4cc5ccccc5[nH]c4=O)cc3c2)CC1. The molecular weight excluding hydrogens is 412 g/mol. The molecule has 2 aromatic carbocycles. The molecule has 1 fully saturated rings. The second-order valence-corrected chi connectivity index (χ2v) is 8.35. The zero-order chi connectivity index (χ0) is 23.5. The highest BCUT2D eigenvalue weighted by atomic mass is 16.2. The summed E-state index contributed by atoms with van der Waals surface area (Å²) >= 11 is 0. The number of carbonyl (C=O) groups is 1. The molecule has 3 heterocycles. The minimum atomic E-state index is -0.0952. The van der Waals surface area contributed by atoms with Gasteiger partial charge in [-0.25, -0.2) is 0 Å². The summed E-state index contributed by atoms with van der Waals surface area (Å²) in [6.07, 6.45) is 0. The Morgan fingerprint density at radius 3 is 2.30 bits per heavy atom. The third kappa shape index (κ3) is 4.57. The van der Waals surface area contributed by atoms with Gasteiger partial charge in [-0.05, 0) is 48.2 Å². The van der Waals surface area contributed by atoms with Crippen LogP contribution in [0.15, 0.2) is 59.4 Å². The molecule has 0 aliphatic carbocycles. The van der Waals surface area contributed by atoms with Crippen molar-refractivity contribution in [1.82, 2.24) is 19.8 Å². The molecule has 6 nitrogen and oxygen atoms in total. The number of fused-ring (bicyclic) bond motifs is 2. The van der Waals surface area contributed by atoms with Crippen molar-refractivity contribution in [3.05, 3.63) is 70.5 Å². The van der Waals surface area contributed by atoms with E-state index in [4.69, 9.17) is 0 Å². The van der Waals surface area contributed by atoms with Gasteiger partial charge in [-0.1, -0.05) is 38.1 Å². The molecule has 0 saturated carbocycles. The van der Waals surface area contributed by atoms with Crippen LogP contribution in [0.5, 0.6) is 0 Å². The van der Waals surface area contributed by atoms with Crippen molar-refractivity contribution in [2.75, 3.05) is 26.2 Å². The molecule has 2 aromatic heterocycles. The van der Waals surface area contributed by atoms with Crippen LogP contribution in [-0.4, -0.2) is 51.9 Å². The molecule has 1 saturated heterocycles. The summed E-state index contributed by atoms with van der Waals surface area (Å²) in [5, 5.41) is 2.10. The standard InChI is InChI=1S/C25H26N4O2.C2H6/c1-16(28-9-11-29(12-10-28)17(2)30)18-7-8-23-20(13-18)15-24(26-23)21-14-19-5-3-4-6-22(19)27-25(21)31;1-2/h3-8,13-16,26H,9-12H2,1-2H3,(H,27,31);1-2H3. The number of rotatable bonds is 3. The molecule has 6 heteroatoms. The number of aromatic nitrogens is 2. The first-order valence-corrected chi connectivity index (χ1v) is 11.7. The van der Waals surface area contributed by atoms with Crippen LogP contribution in [0.25, 0.3) is 33.1 Å². The second-order valence-electron chi connectivity index (χ2n) is 8.35. The van der Waals surface area contributed by atoms with E-state index >= 15 is 0 Å². The largest absolute Gasteiger partial charge is 0.354 e. The summed E-state index contributed by atoms with van der Waals surface area (Å²) in [5.41, 5.74) is 4.46. The third-order valence-electron chi connectivity index (χ3n) is 6.48. The average molecular weight is 445 g/mol. The Bertz CT molecular complexity index is 1330. The number of hydrogen-bond acceptors (Lipinski definition) is 3. The van der Waals surface area contributed by atoms with Gasteiger partial charge in [0.25, 0.3) is 5.56 Å². The molecule has 0 bridgehead atoms. The van der Waals surface area contributed by atoms with Crippen LogP contribution in [0, 0.1) is 0 Å². The highest BCUT2D eigenvalue weighted by molar-refractivity contribution is 5.89. The Kier molecular flexibility index (Phi) is 6.65. The number of H-pyrrole nitrogens is 2. The summed E-state index contributed by atoms with van der Waals surface area (Å²) in [7, 11) is 0. The molecule has 1 amide bonds. The van der Waals surface area contributed by atoms with Crippen molar-refractivity contribution in [3.63, 3.8) is 0 Å². The van der Waals surface area contributed by atoms with Gasteiger partial charge < -0.3 is 14.9 Å². The third-order valence-corrected chi connectivity index (χ3v) is 6.48. The second kappa shape index (κ2) is 9.63. The number of nitrogens with one attached hydrogen (secondary N) is 2. The summed E-state index contributed by atoms with van der Waals surface area (Å²) in [6.45, 7) is 11.2. The van der Waals surface area contributed by atoms with E-state index in [1.54, 1.807) is 6.92 Å². The van der Waals surface area contributed by atoms with E-state index in [-0.39, 0.29) is 17.5 Å². The number of carbonyl (C=O) groups excluding carboxylic acids is 1. The number of piperazine rings is 1. The van der Waals surface area contributed by atoms with Gasteiger partial charge in [0.1, 0.15) is 0 Å². The minimum Gasteiger partial charge on any atom is -0.354 e. The number of aromatic amines is 2. The Morgan fingerprint density at radius 2 is 1.58 bits per heavy atom. The Balaban J connectivity index is 0.00000126. The van der Waals surface area contributed by atoms with Gasteiger partial charge in [0.05, 0.1) is 11.3 Å². The Labute approximate surface area is 194 Å². The molecule has 1 aliphatic rings. The van der Waals surface area contributed by atoms with Gasteiger partial charge >= 0.3 is 0 Å². The highest BCUT2D eigenvalue weighted by Crippen LogP contribution is 2.28. The predicted octanol–water partition coefficient (Wildman–Crippen LogP) is 4.93. The predicted molar refractivity (Wildman–Crippen MR) is 135 cm³/mol. The molecule has 1 unspecified atom stereocenters. The molecular formula is C27H32N4O2. The normalized spacial score (nSPS) is 15.3. The summed E-state index contributed by atoms with van der Waals surface area (Å²) in [5.74, 6) is 0.150. The molecule has 33 heavy (non-hydrogen) atoms. The number of amides is 1. The van der Waals surface area contributed by atoms with E-state index in [2.05, 4.69) is 46.1 Å². The van der Waals surface area contributed by atoms with Crippen molar-refractivity contribution < 1.29 is 4.79 Å². The van der Waals surface area contributed by atoms with Crippen LogP contribution >= 0.6 is 0 Å². The monoisotopic (exact) mass is 444 g/mol. The lowest BCUT2D eigenvalue weighted by molar-refractivity contribution is -0.130. The van der Waals surface area contributed by atoms with Crippen LogP contribution < -0.4 is 5.56 Å². The molecule has 5 rings (SSSR count). The van der Waals surface area contributed by atoms with E-state index in [1.165, 1.54) is 5.56 Å². The minimum absolute atomic E-state index is 0.0952. The fourth-order valence-electron chi connectivity index (χ4n) is 4.54. The van der Waals surface area contributed by atoms with Gasteiger partial charge in [-0.2, -0.15) is 0 Å². The average Bonchev–Trinajstić information content (AvgIpc) is 3.27. The van der Waals surface area contributed by atoms with E-state index in [0.29, 0.717) is 5.56 Å². The summed E-state index contributed by atoms with van der Waals surface area (Å²) in [6, 6.07) is 18.5. The number of pyridine rings is 1. The van der Waals surface area contributed by atoms with E-state index in [1.807, 2.05) is 49.1 Å². The Hall–Kier alpha value is -3.38. The molecule has 0 spiro atoms. The lowest BCUT2D eigenvalue weighted by Gasteiger charge is -2.37. The van der Waals surface area contributed by atoms with Crippen molar-refractivity contribution in [3.8, 4) is 11.3 Å². The summed E-state index contributed by atoms with van der Waals surface area (Å²) in [4.78, 5) is 34.9. The molecule has 0 radical (unpaired) electrons. The van der Waals surface area contributed by atoms with E-state index in [9.17, 15) is 9.59 Å². The number of para-hydroxylation sites is 1. The number of hydrogen-bond donors (Lipinski definition) is 2. The van der Waals surface area contributed by atoms with Crippen LogP contribution in [0.1, 0.15) is 39.3 Å². The first kappa shape index (κ1) is 22.8. The Morgan fingerprint density at radius 1 is 0.879 bits per heavy atom. The van der Waals surface area contributed by atoms with E-state index < -0.39 is 0 Å². The highest BCUT2D eigenvalue weighted by Gasteiger charge is 2.23. The van der Waals surface area contributed by atoms with E-state index in [0.717, 1.165) is 53.7 Å². The molecule has 172 valence electrons. The van der Waals surface area contributed by atoms with Crippen LogP contribution in [-0.2, 0) is 4.79 Å². The molecule has 1 atom stereocenters. The van der Waals surface area contributed by atoms with Crippen molar-refractivity contribution in [2.45, 2.75) is 33.7 Å². The lowest BCUT2D eigenvalue weighted by atomic mass is 10.0. The molecule has 1 aliphatic heterocycles. The lowest BCUT2D eigenvalue weighted by Crippen LogP contribution is -2.48. The fourth-order valence-corrected chi connectivity index (χ4v) is 4.54. The number of nitrogens with zero attached hydrogens (tertiary/aromatic N) is 2. The zero-order valence-electron chi connectivity index (χ0n) is 19.8. The smallest absolute Gasteiger partial charge is 0.257 e. The van der Waals surface area contributed by atoms with Gasteiger partial charge in [0, 0.05) is 55.6 Å². The maximum Gasteiger partial charge on any atom is 0.257 e. The van der Waals surface area contributed by atoms with Crippen molar-refractivity contribution >= 4 is 27.7 Å². The van der Waals surface area contributed by atoms with Crippen LogP contribution in [0.4, 0.5) is 0 Å². The van der Waals surface area contributed by atoms with Crippen molar-refractivity contribution in [1.29, 1.82) is 0 Å². The van der Waals surface area contributed by atoms with Crippen LogP contribution in [0.3, 0.4) is 0 Å².